The van der Waals surface area contributed by atoms with Crippen LogP contribution in [-0.2, 0) is 5.92 Å². The average Bonchev–Trinajstić information content (AvgIpc) is 3.48. The average molecular weight is 711 g/mol. The zero-order valence-corrected chi connectivity index (χ0v) is 29.5. The molecule has 0 fully saturated rings. The van der Waals surface area contributed by atoms with Gasteiger partial charge in [-0.3, -0.25) is 4.99 Å². The molecule has 2 aromatic heterocycles. The first-order chi connectivity index (χ1) is 22.5. The molecule has 0 aliphatic carbocycles. The monoisotopic (exact) mass is 710 g/mol. The van der Waals surface area contributed by atoms with Gasteiger partial charge in [-0.15, -0.1) is 5.10 Å². The number of nitrogens with one attached hydrogen (secondary N) is 1. The molecule has 1 aliphatic rings. The Bertz CT molecular complexity index is 1570. The molecule has 0 radical (unpaired) electrons. The number of pyridine rings is 1. The maximum atomic E-state index is 16.0. The Morgan fingerprint density at radius 2 is 1.79 bits per heavy atom. The second kappa shape index (κ2) is 15.6. The number of aromatic nitrogens is 3. The Hall–Kier alpha value is -3.10. The zero-order valence-electron chi connectivity index (χ0n) is 27.9. The second-order valence-corrected chi connectivity index (χ2v) is 15.4. The number of hydrogen-bond acceptors (Lipinski definition) is 8. The lowest BCUT2D eigenvalue weighted by molar-refractivity contribution is -0.219. The fourth-order valence-electron chi connectivity index (χ4n) is 5.01. The molecule has 48 heavy (non-hydrogen) atoms. The summed E-state index contributed by atoms with van der Waals surface area (Å²) in [6.45, 7) is 13.1. The van der Waals surface area contributed by atoms with Gasteiger partial charge in [-0.2, -0.15) is 13.2 Å². The van der Waals surface area contributed by atoms with E-state index in [0.29, 0.717) is 24.4 Å². The molecule has 262 valence electrons. The molecule has 3 aromatic rings. The summed E-state index contributed by atoms with van der Waals surface area (Å²) >= 11 is 2.63. The predicted molar refractivity (Wildman–Crippen MR) is 186 cm³/mol. The molecule has 3 heterocycles. The van der Waals surface area contributed by atoms with Crippen molar-refractivity contribution in [1.29, 1.82) is 0 Å². The summed E-state index contributed by atoms with van der Waals surface area (Å²) in [4.78, 5) is 12.0. The van der Waals surface area contributed by atoms with Gasteiger partial charge in [-0.05, 0) is 62.9 Å². The van der Waals surface area contributed by atoms with E-state index in [1.54, 1.807) is 24.4 Å². The maximum absolute atomic E-state index is 16.0. The van der Waals surface area contributed by atoms with Crippen LogP contribution in [0.3, 0.4) is 0 Å². The third-order valence-electron chi connectivity index (χ3n) is 7.64. The predicted octanol–water partition coefficient (Wildman–Crippen LogP) is 9.74. The molecular weight excluding hydrogens is 668 g/mol. The number of benzene rings is 1. The summed E-state index contributed by atoms with van der Waals surface area (Å²) in [5.74, 6) is -2.10. The number of nitrogens with zero attached hydrogens (tertiary/aromatic N) is 5. The van der Waals surface area contributed by atoms with Gasteiger partial charge >= 0.3 is 6.18 Å². The van der Waals surface area contributed by atoms with E-state index in [1.165, 1.54) is 46.7 Å². The highest BCUT2D eigenvalue weighted by molar-refractivity contribution is 8.08. The molecule has 1 N–H and O–H groups in total. The van der Waals surface area contributed by atoms with Gasteiger partial charge < -0.3 is 9.64 Å². The van der Waals surface area contributed by atoms with Crippen molar-refractivity contribution in [3.05, 3.63) is 66.0 Å². The number of fused-ring (bicyclic) bond motifs is 3. The summed E-state index contributed by atoms with van der Waals surface area (Å²) in [6.07, 6.45) is 0.0870. The summed E-state index contributed by atoms with van der Waals surface area (Å²) in [5.41, 5.74) is -1.93. The van der Waals surface area contributed by atoms with E-state index in [9.17, 15) is 13.2 Å². The number of alkyl halides is 5. The highest BCUT2D eigenvalue weighted by atomic mass is 32.2. The highest BCUT2D eigenvalue weighted by Crippen LogP contribution is 2.42. The largest absolute Gasteiger partial charge is 0.476 e. The molecule has 0 amide bonds. The highest BCUT2D eigenvalue weighted by Gasteiger charge is 2.48. The van der Waals surface area contributed by atoms with Gasteiger partial charge in [0.05, 0.1) is 11.3 Å². The first-order valence-corrected chi connectivity index (χ1v) is 17.5. The third-order valence-corrected chi connectivity index (χ3v) is 9.54. The van der Waals surface area contributed by atoms with E-state index in [-0.39, 0.29) is 40.4 Å². The topological polar surface area (TPSA) is 67.6 Å². The number of rotatable bonds is 6. The molecule has 0 saturated carbocycles. The molecule has 1 aromatic carbocycles. The molecule has 2 bridgehead atoms. The van der Waals surface area contributed by atoms with Gasteiger partial charge in [0.1, 0.15) is 23.2 Å². The van der Waals surface area contributed by atoms with Crippen LogP contribution in [0.25, 0.3) is 10.7 Å². The first kappa shape index (κ1) is 37.7. The SMILES string of the molecule is C=N/C1=C(/n2ccc(OCC(C)(C)C(F)(F)F)n2)SCNSc2ccnc(c2)N(CC(C)(C)C)CCCCCC(F)(F)c2ccccc21. The molecular formula is C34H43F5N6OS2. The molecule has 0 spiro atoms. The van der Waals surface area contributed by atoms with Gasteiger partial charge in [0.15, 0.2) is 0 Å². The van der Waals surface area contributed by atoms with E-state index in [1.807, 2.05) is 12.1 Å². The Morgan fingerprint density at radius 3 is 2.50 bits per heavy atom. The number of hydrogen-bond donors (Lipinski definition) is 1. The van der Waals surface area contributed by atoms with Crippen LogP contribution < -0.4 is 14.4 Å². The molecule has 14 heteroatoms. The lowest BCUT2D eigenvalue weighted by atomic mass is 9.94. The van der Waals surface area contributed by atoms with E-state index >= 15 is 8.78 Å². The maximum Gasteiger partial charge on any atom is 0.397 e. The van der Waals surface area contributed by atoms with Gasteiger partial charge in [0.2, 0.25) is 5.88 Å². The zero-order chi connectivity index (χ0) is 35.2. The molecule has 7 nitrogen and oxygen atoms in total. The smallest absolute Gasteiger partial charge is 0.397 e. The normalized spacial score (nSPS) is 18.8. The van der Waals surface area contributed by atoms with E-state index in [4.69, 9.17) is 4.74 Å². The molecule has 1 aliphatic heterocycles. The Balaban J connectivity index is 1.71. The van der Waals surface area contributed by atoms with Crippen LogP contribution in [0, 0.1) is 10.8 Å². The van der Waals surface area contributed by atoms with Crippen LogP contribution in [0.2, 0.25) is 0 Å². The third kappa shape index (κ3) is 9.97. The van der Waals surface area contributed by atoms with Crippen molar-refractivity contribution in [3.8, 4) is 5.88 Å². The van der Waals surface area contributed by atoms with Gasteiger partial charge in [-0.1, -0.05) is 63.2 Å². The van der Waals surface area contributed by atoms with Crippen molar-refractivity contribution in [1.82, 2.24) is 19.5 Å². The van der Waals surface area contributed by atoms with Gasteiger partial charge in [0.25, 0.3) is 5.92 Å². The van der Waals surface area contributed by atoms with Crippen molar-refractivity contribution in [2.75, 3.05) is 30.5 Å². The van der Waals surface area contributed by atoms with Crippen LogP contribution in [-0.4, -0.2) is 53.2 Å². The summed E-state index contributed by atoms with van der Waals surface area (Å²) < 4.78 is 82.3. The molecule has 0 saturated heterocycles. The van der Waals surface area contributed by atoms with Crippen LogP contribution in [0.5, 0.6) is 5.88 Å². The van der Waals surface area contributed by atoms with Crippen molar-refractivity contribution in [2.24, 2.45) is 15.8 Å². The minimum absolute atomic E-state index is 0.000960. The quantitative estimate of drug-likeness (QED) is 0.155. The van der Waals surface area contributed by atoms with E-state index in [0.717, 1.165) is 37.5 Å². The molecule has 0 unspecified atom stereocenters. The Kier molecular flexibility index (Phi) is 12.3. The Labute approximate surface area is 288 Å². The molecule has 0 atom stereocenters. The van der Waals surface area contributed by atoms with E-state index in [2.05, 4.69) is 52.2 Å². The minimum atomic E-state index is -4.48. The minimum Gasteiger partial charge on any atom is -0.476 e. The van der Waals surface area contributed by atoms with E-state index < -0.39 is 24.1 Å². The van der Waals surface area contributed by atoms with Crippen molar-refractivity contribution in [2.45, 2.75) is 77.3 Å². The van der Waals surface area contributed by atoms with Gasteiger partial charge in [-0.25, -0.2) is 23.2 Å². The van der Waals surface area contributed by atoms with Crippen LogP contribution >= 0.6 is 23.7 Å². The standard InChI is InChI=1S/C34H43F5N6OS2/c1-31(2,3)21-44-18-11-7-10-16-33(35,36)26-13-9-8-12-25(26)29(40-6)30(47-23-42-48-24-14-17-41-27(44)20-24)45-19-15-28(43-45)46-22-32(4,5)34(37,38)39/h8-9,12-15,17,19-20,42H,6-7,10-11,16,18,21-23H2,1-5H3/b30-29-. The summed E-state index contributed by atoms with van der Waals surface area (Å²) in [5, 5.41) is 4.71. The van der Waals surface area contributed by atoms with Gasteiger partial charge in [0, 0.05) is 54.0 Å². The number of thioether (sulfide) groups is 1. The number of ether oxygens (including phenoxy) is 1. The van der Waals surface area contributed by atoms with Crippen LogP contribution in [0.4, 0.5) is 27.8 Å². The fraction of sp³-hybridized carbons (Fsp3) is 0.500. The number of anilines is 1. The number of aliphatic imine (C=N–C) groups is 1. The van der Waals surface area contributed by atoms with Crippen molar-refractivity contribution >= 4 is 47.0 Å². The van der Waals surface area contributed by atoms with Crippen molar-refractivity contribution < 1.29 is 26.7 Å². The molecule has 4 rings (SSSR count). The fourth-order valence-corrected chi connectivity index (χ4v) is 6.62. The van der Waals surface area contributed by atoms with Crippen molar-refractivity contribution in [3.63, 3.8) is 0 Å². The summed E-state index contributed by atoms with van der Waals surface area (Å²) in [7, 11) is 0. The Morgan fingerprint density at radius 1 is 1.04 bits per heavy atom. The summed E-state index contributed by atoms with van der Waals surface area (Å²) in [6, 6.07) is 11.5. The lowest BCUT2D eigenvalue weighted by Gasteiger charge is -2.31. The number of halogens is 5. The lowest BCUT2D eigenvalue weighted by Crippen LogP contribution is -2.37. The van der Waals surface area contributed by atoms with Crippen LogP contribution in [0.15, 0.2) is 64.7 Å². The first-order valence-electron chi connectivity index (χ1n) is 15.7. The second-order valence-electron chi connectivity index (χ2n) is 13.5. The van der Waals surface area contributed by atoms with Crippen LogP contribution in [0.1, 0.15) is 71.4 Å².